The van der Waals surface area contributed by atoms with E-state index >= 15 is 0 Å². The fourth-order valence-corrected chi connectivity index (χ4v) is 3.62. The van der Waals surface area contributed by atoms with Crippen LogP contribution in [0.15, 0.2) is 36.4 Å². The summed E-state index contributed by atoms with van der Waals surface area (Å²) in [6.45, 7) is 6.50. The number of amides is 1. The Hall–Kier alpha value is -2.43. The molecule has 1 heterocycles. The Morgan fingerprint density at radius 2 is 1.85 bits per heavy atom. The van der Waals surface area contributed by atoms with E-state index in [1.807, 2.05) is 62.1 Å². The Kier molecular flexibility index (Phi) is 6.43. The number of benzene rings is 1. The number of aryl methyl sites for hydroxylation is 1. The highest BCUT2D eigenvalue weighted by molar-refractivity contribution is 5.93. The largest absolute Gasteiger partial charge is 0.367 e. The van der Waals surface area contributed by atoms with Crippen molar-refractivity contribution in [2.45, 2.75) is 71.5 Å². The van der Waals surface area contributed by atoms with Gasteiger partial charge in [-0.1, -0.05) is 49.6 Å². The maximum absolute atomic E-state index is 13.2. The van der Waals surface area contributed by atoms with Crippen molar-refractivity contribution in [3.05, 3.63) is 53.5 Å². The van der Waals surface area contributed by atoms with Gasteiger partial charge in [0.05, 0.1) is 0 Å². The molecule has 0 radical (unpaired) electrons. The standard InChI is InChI=1S/C22H30N4O/c1-16(2)26(15-18-10-6-4-7-11-18)22(27)20-14-21(24-17(3)23-20)25-19-12-8-5-9-13-19/h4,6-7,10-11,14,16,19H,5,8-9,12-13,15H2,1-3H3,(H,23,24,25). The lowest BCUT2D eigenvalue weighted by atomic mass is 9.95. The Morgan fingerprint density at radius 3 is 2.52 bits per heavy atom. The molecule has 1 aliphatic rings. The van der Waals surface area contributed by atoms with Crippen LogP contribution in [0.2, 0.25) is 0 Å². The van der Waals surface area contributed by atoms with E-state index in [1.165, 1.54) is 32.1 Å². The minimum absolute atomic E-state index is 0.0500. The molecule has 0 aliphatic heterocycles. The SMILES string of the molecule is Cc1nc(NC2CCCCC2)cc(C(=O)N(Cc2ccccc2)C(C)C)n1. The van der Waals surface area contributed by atoms with Crippen molar-refractivity contribution in [2.24, 2.45) is 0 Å². The zero-order chi connectivity index (χ0) is 19.2. The summed E-state index contributed by atoms with van der Waals surface area (Å²) in [5.41, 5.74) is 1.58. The number of rotatable bonds is 6. The van der Waals surface area contributed by atoms with E-state index in [0.717, 1.165) is 11.4 Å². The molecule has 1 N–H and O–H groups in total. The second-order valence-electron chi connectivity index (χ2n) is 7.68. The van der Waals surface area contributed by atoms with Gasteiger partial charge in [0.2, 0.25) is 0 Å². The third-order valence-corrected chi connectivity index (χ3v) is 5.09. The summed E-state index contributed by atoms with van der Waals surface area (Å²) >= 11 is 0. The van der Waals surface area contributed by atoms with Crippen LogP contribution in [-0.2, 0) is 6.54 Å². The second-order valence-corrected chi connectivity index (χ2v) is 7.68. The second kappa shape index (κ2) is 8.98. The molecular formula is C22H30N4O. The van der Waals surface area contributed by atoms with Gasteiger partial charge in [-0.2, -0.15) is 0 Å². The molecule has 2 aromatic rings. The number of aromatic nitrogens is 2. The molecule has 1 aliphatic carbocycles. The van der Waals surface area contributed by atoms with Crippen molar-refractivity contribution in [1.82, 2.24) is 14.9 Å². The van der Waals surface area contributed by atoms with Gasteiger partial charge < -0.3 is 10.2 Å². The summed E-state index contributed by atoms with van der Waals surface area (Å²) in [4.78, 5) is 24.0. The van der Waals surface area contributed by atoms with E-state index in [2.05, 4.69) is 15.3 Å². The van der Waals surface area contributed by atoms with E-state index in [4.69, 9.17) is 0 Å². The molecule has 0 spiro atoms. The Balaban J connectivity index is 1.79. The molecule has 5 nitrogen and oxygen atoms in total. The third-order valence-electron chi connectivity index (χ3n) is 5.09. The van der Waals surface area contributed by atoms with Crippen LogP contribution < -0.4 is 5.32 Å². The summed E-state index contributed by atoms with van der Waals surface area (Å²) in [7, 11) is 0. The van der Waals surface area contributed by atoms with Crippen LogP contribution in [0.5, 0.6) is 0 Å². The van der Waals surface area contributed by atoms with Gasteiger partial charge in [-0.05, 0) is 39.2 Å². The molecule has 1 amide bonds. The van der Waals surface area contributed by atoms with Crippen molar-refractivity contribution in [1.29, 1.82) is 0 Å². The van der Waals surface area contributed by atoms with Gasteiger partial charge in [-0.25, -0.2) is 9.97 Å². The topological polar surface area (TPSA) is 58.1 Å². The maximum Gasteiger partial charge on any atom is 0.273 e. The van der Waals surface area contributed by atoms with Crippen LogP contribution in [0.1, 0.15) is 67.8 Å². The summed E-state index contributed by atoms with van der Waals surface area (Å²) in [6, 6.07) is 12.4. The minimum atomic E-state index is -0.0500. The molecular weight excluding hydrogens is 336 g/mol. The molecule has 1 aromatic carbocycles. The van der Waals surface area contributed by atoms with E-state index < -0.39 is 0 Å². The molecule has 1 aromatic heterocycles. The molecule has 1 saturated carbocycles. The number of nitrogens with one attached hydrogen (secondary N) is 1. The molecule has 0 bridgehead atoms. The molecule has 27 heavy (non-hydrogen) atoms. The predicted octanol–water partition coefficient (Wildman–Crippen LogP) is 4.58. The van der Waals surface area contributed by atoms with Gasteiger partial charge in [-0.15, -0.1) is 0 Å². The number of hydrogen-bond acceptors (Lipinski definition) is 4. The third kappa shape index (κ3) is 5.28. The van der Waals surface area contributed by atoms with Crippen molar-refractivity contribution >= 4 is 11.7 Å². The first-order chi connectivity index (χ1) is 13.0. The first-order valence-corrected chi connectivity index (χ1v) is 10.00. The van der Waals surface area contributed by atoms with Gasteiger partial charge in [0, 0.05) is 24.7 Å². The predicted molar refractivity (Wildman–Crippen MR) is 109 cm³/mol. The normalized spacial score (nSPS) is 15.0. The quantitative estimate of drug-likeness (QED) is 0.813. The molecule has 1 fully saturated rings. The number of carbonyl (C=O) groups is 1. The smallest absolute Gasteiger partial charge is 0.273 e. The average Bonchev–Trinajstić information content (AvgIpc) is 2.66. The fraction of sp³-hybridized carbons (Fsp3) is 0.500. The van der Waals surface area contributed by atoms with Gasteiger partial charge in [0.1, 0.15) is 17.3 Å². The highest BCUT2D eigenvalue weighted by Crippen LogP contribution is 2.22. The van der Waals surface area contributed by atoms with Gasteiger partial charge in [0.25, 0.3) is 5.91 Å². The zero-order valence-electron chi connectivity index (χ0n) is 16.6. The van der Waals surface area contributed by atoms with Crippen molar-refractivity contribution in [3.63, 3.8) is 0 Å². The van der Waals surface area contributed by atoms with Crippen LogP contribution in [-0.4, -0.2) is 32.9 Å². The first kappa shape index (κ1) is 19.3. The van der Waals surface area contributed by atoms with Crippen LogP contribution in [0.3, 0.4) is 0 Å². The van der Waals surface area contributed by atoms with Gasteiger partial charge in [0.15, 0.2) is 0 Å². The van der Waals surface area contributed by atoms with E-state index in [9.17, 15) is 4.79 Å². The van der Waals surface area contributed by atoms with Gasteiger partial charge in [-0.3, -0.25) is 4.79 Å². The van der Waals surface area contributed by atoms with Crippen molar-refractivity contribution in [2.75, 3.05) is 5.32 Å². The highest BCUT2D eigenvalue weighted by atomic mass is 16.2. The fourth-order valence-electron chi connectivity index (χ4n) is 3.62. The van der Waals surface area contributed by atoms with Crippen LogP contribution in [0.25, 0.3) is 0 Å². The molecule has 5 heteroatoms. The lowest BCUT2D eigenvalue weighted by Crippen LogP contribution is -2.37. The Bertz CT molecular complexity index is 754. The van der Waals surface area contributed by atoms with Crippen LogP contribution in [0.4, 0.5) is 5.82 Å². The molecule has 0 unspecified atom stereocenters. The molecule has 0 saturated heterocycles. The van der Waals surface area contributed by atoms with E-state index in [-0.39, 0.29) is 11.9 Å². The summed E-state index contributed by atoms with van der Waals surface area (Å²) in [6.07, 6.45) is 6.15. The summed E-state index contributed by atoms with van der Waals surface area (Å²) in [5, 5.41) is 3.51. The highest BCUT2D eigenvalue weighted by Gasteiger charge is 2.22. The summed E-state index contributed by atoms with van der Waals surface area (Å²) in [5.74, 6) is 1.34. The monoisotopic (exact) mass is 366 g/mol. The number of carbonyl (C=O) groups excluding carboxylic acids is 1. The number of anilines is 1. The molecule has 144 valence electrons. The number of hydrogen-bond donors (Lipinski definition) is 1. The van der Waals surface area contributed by atoms with Crippen LogP contribution >= 0.6 is 0 Å². The van der Waals surface area contributed by atoms with E-state index in [0.29, 0.717) is 24.1 Å². The molecule has 0 atom stereocenters. The Labute approximate surface area is 162 Å². The maximum atomic E-state index is 13.2. The number of nitrogens with zero attached hydrogens (tertiary/aromatic N) is 3. The van der Waals surface area contributed by atoms with E-state index in [1.54, 1.807) is 0 Å². The van der Waals surface area contributed by atoms with Crippen molar-refractivity contribution in [3.8, 4) is 0 Å². The minimum Gasteiger partial charge on any atom is -0.367 e. The van der Waals surface area contributed by atoms with Crippen LogP contribution in [0, 0.1) is 6.92 Å². The molecule has 3 rings (SSSR count). The Morgan fingerprint density at radius 1 is 1.15 bits per heavy atom. The lowest BCUT2D eigenvalue weighted by molar-refractivity contribution is 0.0684. The van der Waals surface area contributed by atoms with Gasteiger partial charge >= 0.3 is 0 Å². The zero-order valence-corrected chi connectivity index (χ0v) is 16.6. The van der Waals surface area contributed by atoms with Crippen molar-refractivity contribution < 1.29 is 4.79 Å². The average molecular weight is 367 g/mol. The summed E-state index contributed by atoms with van der Waals surface area (Å²) < 4.78 is 0. The first-order valence-electron chi connectivity index (χ1n) is 10.00. The lowest BCUT2D eigenvalue weighted by Gasteiger charge is -2.27.